The van der Waals surface area contributed by atoms with Crippen molar-refractivity contribution in [3.63, 3.8) is 0 Å². The van der Waals surface area contributed by atoms with Crippen LogP contribution < -0.4 is 9.97 Å². The van der Waals surface area contributed by atoms with Gasteiger partial charge in [-0.15, -0.1) is 0 Å². The molecule has 1 aliphatic carbocycles. The van der Waals surface area contributed by atoms with Gasteiger partial charge in [-0.25, -0.2) is 0 Å². The van der Waals surface area contributed by atoms with Gasteiger partial charge in [-0.3, -0.25) is 0 Å². The minimum atomic E-state index is -1.85. The normalized spacial score (nSPS) is 16.1. The third-order valence-electron chi connectivity index (χ3n) is 3.57. The Labute approximate surface area is 119 Å². The van der Waals surface area contributed by atoms with E-state index in [1.807, 2.05) is 0 Å². The van der Waals surface area contributed by atoms with Gasteiger partial charge in [0.15, 0.2) is 0 Å². The van der Waals surface area contributed by atoms with Gasteiger partial charge < -0.3 is 20.0 Å². The molecule has 106 valence electrons. The largest absolute Gasteiger partial charge is 0.707 e. The van der Waals surface area contributed by atoms with Crippen molar-refractivity contribution in [3.8, 4) is 11.8 Å². The van der Waals surface area contributed by atoms with Crippen LogP contribution in [0.2, 0.25) is 0 Å². The topological polar surface area (TPSA) is 85.5 Å². The van der Waals surface area contributed by atoms with E-state index in [-0.39, 0.29) is 0 Å². The van der Waals surface area contributed by atoms with Crippen molar-refractivity contribution in [3.05, 3.63) is 23.8 Å². The maximum absolute atomic E-state index is 9.15. The summed E-state index contributed by atoms with van der Waals surface area (Å²) in [4.78, 5) is 0. The Morgan fingerprint density at radius 2 is 1.90 bits per heavy atom. The summed E-state index contributed by atoms with van der Waals surface area (Å²) in [5.41, 5.74) is 1.23. The highest BCUT2D eigenvalue weighted by Gasteiger charge is 2.16. The number of nitrogens with zero attached hydrogens (tertiary/aromatic N) is 1. The Bertz CT molecular complexity index is 480. The Morgan fingerprint density at radius 3 is 2.50 bits per heavy atom. The first-order valence-corrected chi connectivity index (χ1v) is 7.02. The van der Waals surface area contributed by atoms with E-state index in [0.717, 1.165) is 12.8 Å². The molecule has 1 aliphatic rings. The minimum absolute atomic E-state index is 0.329. The minimum Gasteiger partial charge on any atom is -0.512 e. The van der Waals surface area contributed by atoms with Gasteiger partial charge in [-0.1, -0.05) is 25.7 Å². The van der Waals surface area contributed by atoms with Gasteiger partial charge in [0, 0.05) is 12.1 Å². The van der Waals surface area contributed by atoms with Crippen molar-refractivity contribution in [2.24, 2.45) is 0 Å². The van der Waals surface area contributed by atoms with Crippen LogP contribution in [0, 0.1) is 11.3 Å². The van der Waals surface area contributed by atoms with Crippen LogP contribution in [0.25, 0.3) is 0 Å². The van der Waals surface area contributed by atoms with Crippen molar-refractivity contribution in [1.82, 2.24) is 0 Å². The number of rotatable bonds is 4. The molecule has 2 rings (SSSR count). The number of nitrogens with one attached hydrogen (secondary N) is 1. The average Bonchev–Trinajstić information content (AvgIpc) is 2.67. The average molecular weight is 274 g/mol. The Hall–Kier alpha value is -1.71. The van der Waals surface area contributed by atoms with Crippen molar-refractivity contribution >= 4 is 13.0 Å². The maximum atomic E-state index is 9.15. The molecular weight excluding hydrogens is 255 g/mol. The zero-order valence-corrected chi connectivity index (χ0v) is 11.4. The summed E-state index contributed by atoms with van der Waals surface area (Å²) in [6.45, 7) is 0. The second-order valence-electron chi connectivity index (χ2n) is 5.10. The molecule has 0 amide bonds. The monoisotopic (exact) mass is 274 g/mol. The molecule has 20 heavy (non-hydrogen) atoms. The summed E-state index contributed by atoms with van der Waals surface area (Å²) >= 11 is 0. The first-order chi connectivity index (χ1) is 9.69. The van der Waals surface area contributed by atoms with Gasteiger partial charge in [0.05, 0.1) is 11.3 Å². The summed E-state index contributed by atoms with van der Waals surface area (Å²) in [5, 5.41) is 30.2. The first-order valence-electron chi connectivity index (χ1n) is 7.02. The van der Waals surface area contributed by atoms with E-state index in [9.17, 15) is 0 Å². The fraction of sp³-hybridized carbons (Fsp3) is 0.500. The van der Waals surface area contributed by atoms with Gasteiger partial charge in [0.1, 0.15) is 11.8 Å². The molecule has 5 nitrogen and oxygen atoms in total. The zero-order chi connectivity index (χ0) is 14.4. The van der Waals surface area contributed by atoms with Gasteiger partial charge in [-0.05, 0) is 25.0 Å². The number of benzene rings is 1. The molecule has 0 spiro atoms. The van der Waals surface area contributed by atoms with E-state index < -0.39 is 7.32 Å². The second kappa shape index (κ2) is 7.18. The molecule has 0 saturated heterocycles. The lowest BCUT2D eigenvalue weighted by Gasteiger charge is -2.19. The third-order valence-corrected chi connectivity index (χ3v) is 3.57. The Morgan fingerprint density at radius 1 is 1.20 bits per heavy atom. The molecule has 0 aliphatic heterocycles. The predicted octanol–water partition coefficient (Wildman–Crippen LogP) is 2.04. The third kappa shape index (κ3) is 4.15. The van der Waals surface area contributed by atoms with Gasteiger partial charge >= 0.3 is 7.32 Å². The molecule has 0 heterocycles. The van der Waals surface area contributed by atoms with Crippen LogP contribution in [0.15, 0.2) is 18.2 Å². The fourth-order valence-electron chi connectivity index (χ4n) is 2.58. The van der Waals surface area contributed by atoms with Crippen molar-refractivity contribution in [2.75, 3.05) is 5.32 Å². The van der Waals surface area contributed by atoms with E-state index in [2.05, 4.69) is 11.4 Å². The number of hydrogen-bond donors (Lipinski definition) is 3. The molecule has 6 heteroatoms. The summed E-state index contributed by atoms with van der Waals surface area (Å²) in [6.07, 6.45) is 7.12. The van der Waals surface area contributed by atoms with Gasteiger partial charge in [0.2, 0.25) is 0 Å². The standard InChI is InChI=1S/C14H19BN2O3/c16-10-11-7-8-13(20-15(18)19)9-14(11)17-12-5-3-1-2-4-6-12/h7-9,12,17-19H,1-6H2. The summed E-state index contributed by atoms with van der Waals surface area (Å²) < 4.78 is 4.83. The molecule has 1 saturated carbocycles. The molecule has 3 N–H and O–H groups in total. The van der Waals surface area contributed by atoms with Crippen LogP contribution in [0.4, 0.5) is 5.69 Å². The Balaban J connectivity index is 2.13. The van der Waals surface area contributed by atoms with Crippen molar-refractivity contribution in [1.29, 1.82) is 5.26 Å². The molecule has 1 aromatic rings. The van der Waals surface area contributed by atoms with Crippen LogP contribution in [0.5, 0.6) is 5.75 Å². The quantitative estimate of drug-likeness (QED) is 0.578. The second-order valence-corrected chi connectivity index (χ2v) is 5.10. The van der Waals surface area contributed by atoms with Crippen LogP contribution in [-0.2, 0) is 0 Å². The van der Waals surface area contributed by atoms with Crippen molar-refractivity contribution in [2.45, 2.75) is 44.6 Å². The van der Waals surface area contributed by atoms with Gasteiger partial charge in [-0.2, -0.15) is 5.26 Å². The molecular formula is C14H19BN2O3. The van der Waals surface area contributed by atoms with Crippen molar-refractivity contribution < 1.29 is 14.7 Å². The lowest BCUT2D eigenvalue weighted by atomic mass is 10.1. The number of anilines is 1. The highest BCUT2D eigenvalue weighted by Crippen LogP contribution is 2.26. The molecule has 0 radical (unpaired) electrons. The SMILES string of the molecule is N#Cc1ccc(OB(O)O)cc1NC1CCCCCC1. The van der Waals surface area contributed by atoms with E-state index in [0.29, 0.717) is 23.0 Å². The van der Waals surface area contributed by atoms with E-state index in [4.69, 9.17) is 20.0 Å². The van der Waals surface area contributed by atoms with E-state index in [1.54, 1.807) is 18.2 Å². The summed E-state index contributed by atoms with van der Waals surface area (Å²) in [7, 11) is -1.85. The van der Waals surface area contributed by atoms with Crippen LogP contribution >= 0.6 is 0 Å². The van der Waals surface area contributed by atoms with E-state index in [1.165, 1.54) is 25.7 Å². The lowest BCUT2D eigenvalue weighted by Crippen LogP contribution is -2.21. The van der Waals surface area contributed by atoms with Crippen LogP contribution in [-0.4, -0.2) is 23.4 Å². The molecule has 0 bridgehead atoms. The van der Waals surface area contributed by atoms with E-state index >= 15 is 0 Å². The van der Waals surface area contributed by atoms with Crippen LogP contribution in [0.1, 0.15) is 44.1 Å². The highest BCUT2D eigenvalue weighted by molar-refractivity contribution is 6.33. The maximum Gasteiger partial charge on any atom is 0.707 e. The zero-order valence-electron chi connectivity index (χ0n) is 11.4. The van der Waals surface area contributed by atoms with Gasteiger partial charge in [0.25, 0.3) is 0 Å². The molecule has 0 atom stereocenters. The fourth-order valence-corrected chi connectivity index (χ4v) is 2.58. The first kappa shape index (κ1) is 14.7. The summed E-state index contributed by atoms with van der Waals surface area (Å²) in [6, 6.07) is 7.31. The number of nitriles is 1. The molecule has 1 fully saturated rings. The molecule has 0 unspecified atom stereocenters. The smallest absolute Gasteiger partial charge is 0.512 e. The molecule has 1 aromatic carbocycles. The van der Waals surface area contributed by atoms with Crippen LogP contribution in [0.3, 0.4) is 0 Å². The number of hydrogen-bond acceptors (Lipinski definition) is 5. The lowest BCUT2D eigenvalue weighted by molar-refractivity contribution is 0.288. The Kier molecular flexibility index (Phi) is 5.27. The summed E-state index contributed by atoms with van der Waals surface area (Å²) in [5.74, 6) is 0.329. The predicted molar refractivity (Wildman–Crippen MR) is 77.1 cm³/mol. The highest BCUT2D eigenvalue weighted by atomic mass is 16.6. The molecule has 0 aromatic heterocycles.